The first-order chi connectivity index (χ1) is 13.4. The van der Waals surface area contributed by atoms with Crippen LogP contribution in [0.2, 0.25) is 0 Å². The first kappa shape index (κ1) is 22.8. The second-order valence-electron chi connectivity index (χ2n) is 7.66. The van der Waals surface area contributed by atoms with E-state index in [0.29, 0.717) is 24.7 Å². The van der Waals surface area contributed by atoms with Crippen molar-refractivity contribution in [1.82, 2.24) is 15.5 Å². The molecule has 0 saturated heterocycles. The summed E-state index contributed by atoms with van der Waals surface area (Å²) in [4.78, 5) is 6.66. The number of nitrogens with one attached hydrogen (secondary N) is 2. The Morgan fingerprint density at radius 1 is 1.32 bits per heavy atom. The van der Waals surface area contributed by atoms with E-state index in [9.17, 15) is 8.60 Å². The average Bonchev–Trinajstić information content (AvgIpc) is 2.67. The molecule has 1 aromatic carbocycles. The smallest absolute Gasteiger partial charge is 0.191 e. The molecule has 1 aliphatic carbocycles. The van der Waals surface area contributed by atoms with E-state index in [1.165, 1.54) is 6.07 Å². The SMILES string of the molecule is CCNC(=NCc1ccc(F)c(CN(C)C)c1)NC1CCCC(S(=O)CC)C1. The molecular formula is C21H35FN4OS. The lowest BCUT2D eigenvalue weighted by atomic mass is 9.95. The summed E-state index contributed by atoms with van der Waals surface area (Å²) < 4.78 is 26.2. The topological polar surface area (TPSA) is 56.7 Å². The fourth-order valence-electron chi connectivity index (χ4n) is 3.62. The van der Waals surface area contributed by atoms with Gasteiger partial charge in [-0.25, -0.2) is 9.38 Å². The third-order valence-electron chi connectivity index (χ3n) is 4.98. The van der Waals surface area contributed by atoms with Crippen molar-refractivity contribution < 1.29 is 8.60 Å². The van der Waals surface area contributed by atoms with Gasteiger partial charge in [-0.05, 0) is 58.0 Å². The molecule has 1 saturated carbocycles. The zero-order chi connectivity index (χ0) is 20.5. The van der Waals surface area contributed by atoms with Crippen LogP contribution in [0, 0.1) is 5.82 Å². The standard InChI is InChI=1S/C21H35FN4OS/c1-5-23-21(25-18-8-7-9-19(13-18)28(27)6-2)24-14-16-10-11-20(22)17(12-16)15-26(3)4/h10-12,18-19H,5-9,13-15H2,1-4H3,(H2,23,24,25). The maximum atomic E-state index is 14.0. The number of hydrogen-bond acceptors (Lipinski definition) is 3. The average molecular weight is 411 g/mol. The molecule has 28 heavy (non-hydrogen) atoms. The van der Waals surface area contributed by atoms with E-state index in [0.717, 1.165) is 49.5 Å². The van der Waals surface area contributed by atoms with E-state index < -0.39 is 10.8 Å². The molecule has 158 valence electrons. The number of aliphatic imine (C=N–C) groups is 1. The van der Waals surface area contributed by atoms with Gasteiger partial charge in [0, 0.05) is 46.5 Å². The van der Waals surface area contributed by atoms with E-state index in [1.54, 1.807) is 6.07 Å². The number of benzene rings is 1. The minimum Gasteiger partial charge on any atom is -0.357 e. The van der Waals surface area contributed by atoms with Gasteiger partial charge in [-0.2, -0.15) is 0 Å². The molecule has 0 bridgehead atoms. The Labute approximate surface area is 171 Å². The predicted octanol–water partition coefficient (Wildman–Crippen LogP) is 3.02. The molecule has 3 unspecified atom stereocenters. The van der Waals surface area contributed by atoms with Crippen molar-refractivity contribution >= 4 is 16.8 Å². The lowest BCUT2D eigenvalue weighted by molar-refractivity contribution is 0.392. The second-order valence-corrected chi connectivity index (χ2v) is 9.66. The Kier molecular flexibility index (Phi) is 9.38. The van der Waals surface area contributed by atoms with Crippen LogP contribution in [0.1, 0.15) is 50.7 Å². The van der Waals surface area contributed by atoms with E-state index in [1.807, 2.05) is 38.9 Å². The molecule has 5 nitrogen and oxygen atoms in total. The van der Waals surface area contributed by atoms with Gasteiger partial charge in [0.25, 0.3) is 0 Å². The molecule has 0 aliphatic heterocycles. The Balaban J connectivity index is 2.03. The van der Waals surface area contributed by atoms with Crippen molar-refractivity contribution in [2.45, 2.75) is 63.9 Å². The third kappa shape index (κ3) is 7.17. The molecule has 3 atom stereocenters. The Morgan fingerprint density at radius 2 is 2.11 bits per heavy atom. The normalized spacial score (nSPS) is 21.6. The van der Waals surface area contributed by atoms with Gasteiger partial charge in [0.05, 0.1) is 6.54 Å². The summed E-state index contributed by atoms with van der Waals surface area (Å²) in [6.45, 7) is 5.87. The monoisotopic (exact) mass is 410 g/mol. The number of hydrogen-bond donors (Lipinski definition) is 2. The highest BCUT2D eigenvalue weighted by molar-refractivity contribution is 7.85. The number of rotatable bonds is 8. The Bertz CT molecular complexity index is 680. The first-order valence-corrected chi connectivity index (χ1v) is 11.6. The lowest BCUT2D eigenvalue weighted by Gasteiger charge is -2.30. The summed E-state index contributed by atoms with van der Waals surface area (Å²) in [7, 11) is 3.13. The predicted molar refractivity (Wildman–Crippen MR) is 116 cm³/mol. The molecule has 0 spiro atoms. The molecule has 1 fully saturated rings. The minimum absolute atomic E-state index is 0.177. The zero-order valence-corrected chi connectivity index (χ0v) is 18.4. The quantitative estimate of drug-likeness (QED) is 0.511. The molecule has 2 N–H and O–H groups in total. The van der Waals surface area contributed by atoms with Gasteiger partial charge in [0.1, 0.15) is 5.82 Å². The first-order valence-electron chi connectivity index (χ1n) is 10.3. The molecule has 2 rings (SSSR count). The molecule has 0 heterocycles. The summed E-state index contributed by atoms with van der Waals surface area (Å²) in [5.74, 6) is 1.32. The molecule has 0 aromatic heterocycles. The molecule has 7 heteroatoms. The van der Waals surface area contributed by atoms with Crippen LogP contribution in [-0.4, -0.2) is 52.8 Å². The van der Waals surface area contributed by atoms with Gasteiger partial charge >= 0.3 is 0 Å². The summed E-state index contributed by atoms with van der Waals surface area (Å²) in [5, 5.41) is 7.10. The number of guanidine groups is 1. The Hall–Kier alpha value is -1.47. The largest absolute Gasteiger partial charge is 0.357 e. The van der Waals surface area contributed by atoms with Crippen LogP contribution in [0.15, 0.2) is 23.2 Å². The van der Waals surface area contributed by atoms with Gasteiger partial charge < -0.3 is 15.5 Å². The van der Waals surface area contributed by atoms with Crippen molar-refractivity contribution in [1.29, 1.82) is 0 Å². The summed E-state index contributed by atoms with van der Waals surface area (Å²) >= 11 is 0. The molecule has 1 aliphatic rings. The minimum atomic E-state index is -0.736. The van der Waals surface area contributed by atoms with E-state index >= 15 is 0 Å². The number of halogens is 1. The van der Waals surface area contributed by atoms with Gasteiger partial charge in [-0.15, -0.1) is 0 Å². The van der Waals surface area contributed by atoms with Crippen molar-refractivity contribution in [3.8, 4) is 0 Å². The third-order valence-corrected chi connectivity index (χ3v) is 6.72. The van der Waals surface area contributed by atoms with Gasteiger partial charge in [-0.3, -0.25) is 4.21 Å². The van der Waals surface area contributed by atoms with Gasteiger partial charge in [0.15, 0.2) is 5.96 Å². The fraction of sp³-hybridized carbons (Fsp3) is 0.667. The second kappa shape index (κ2) is 11.5. The van der Waals surface area contributed by atoms with Crippen LogP contribution in [0.5, 0.6) is 0 Å². The summed E-state index contributed by atoms with van der Waals surface area (Å²) in [6, 6.07) is 5.51. The van der Waals surface area contributed by atoms with Crippen LogP contribution in [-0.2, 0) is 23.9 Å². The van der Waals surface area contributed by atoms with Crippen molar-refractivity contribution in [2.75, 3.05) is 26.4 Å². The maximum Gasteiger partial charge on any atom is 0.191 e. The molecular weight excluding hydrogens is 375 g/mol. The summed E-state index contributed by atoms with van der Waals surface area (Å²) in [5.41, 5.74) is 1.68. The van der Waals surface area contributed by atoms with Crippen LogP contribution >= 0.6 is 0 Å². The van der Waals surface area contributed by atoms with Crippen molar-refractivity contribution in [2.24, 2.45) is 4.99 Å². The zero-order valence-electron chi connectivity index (χ0n) is 17.6. The maximum absolute atomic E-state index is 14.0. The van der Waals surface area contributed by atoms with E-state index in [2.05, 4.69) is 10.6 Å². The summed E-state index contributed by atoms with van der Waals surface area (Å²) in [6.07, 6.45) is 4.15. The van der Waals surface area contributed by atoms with E-state index in [-0.39, 0.29) is 11.1 Å². The van der Waals surface area contributed by atoms with Crippen molar-refractivity contribution in [3.05, 3.63) is 35.1 Å². The molecule has 1 aromatic rings. The Morgan fingerprint density at radius 3 is 2.79 bits per heavy atom. The highest BCUT2D eigenvalue weighted by Crippen LogP contribution is 2.23. The van der Waals surface area contributed by atoms with Crippen molar-refractivity contribution in [3.63, 3.8) is 0 Å². The highest BCUT2D eigenvalue weighted by atomic mass is 32.2. The van der Waals surface area contributed by atoms with Gasteiger partial charge in [0.2, 0.25) is 0 Å². The lowest BCUT2D eigenvalue weighted by Crippen LogP contribution is -2.46. The van der Waals surface area contributed by atoms with Crippen LogP contribution in [0.4, 0.5) is 4.39 Å². The highest BCUT2D eigenvalue weighted by Gasteiger charge is 2.26. The van der Waals surface area contributed by atoms with Gasteiger partial charge in [-0.1, -0.05) is 19.4 Å². The number of nitrogens with zero attached hydrogens (tertiary/aromatic N) is 2. The van der Waals surface area contributed by atoms with Crippen LogP contribution < -0.4 is 10.6 Å². The van der Waals surface area contributed by atoms with Crippen LogP contribution in [0.3, 0.4) is 0 Å². The molecule has 0 amide bonds. The fourth-order valence-corrected chi connectivity index (χ4v) is 4.97. The van der Waals surface area contributed by atoms with E-state index in [4.69, 9.17) is 4.99 Å². The molecule has 0 radical (unpaired) electrons. The van der Waals surface area contributed by atoms with Crippen LogP contribution in [0.25, 0.3) is 0 Å².